The van der Waals surface area contributed by atoms with E-state index in [0.29, 0.717) is 16.4 Å². The summed E-state index contributed by atoms with van der Waals surface area (Å²) < 4.78 is 0. The van der Waals surface area contributed by atoms with Crippen molar-refractivity contribution in [3.05, 3.63) is 62.9 Å². The number of amides is 1. The zero-order valence-corrected chi connectivity index (χ0v) is 11.9. The second-order valence-electron chi connectivity index (χ2n) is 4.48. The minimum Gasteiger partial charge on any atom is -0.324 e. The number of aromatic nitrogens is 1. The van der Waals surface area contributed by atoms with Crippen molar-refractivity contribution in [1.82, 2.24) is 4.98 Å². The first kappa shape index (κ1) is 14.9. The number of pyridine rings is 1. The van der Waals surface area contributed by atoms with Crippen LogP contribution >= 0.6 is 11.6 Å². The van der Waals surface area contributed by atoms with E-state index in [9.17, 15) is 14.9 Å². The van der Waals surface area contributed by atoms with Crippen molar-refractivity contribution in [2.75, 3.05) is 5.32 Å². The molecule has 0 spiro atoms. The number of aryl methyl sites for hydroxylation is 1. The molecule has 0 saturated carbocycles. The molecule has 7 heteroatoms. The van der Waals surface area contributed by atoms with Crippen molar-refractivity contribution >= 4 is 28.9 Å². The smallest absolute Gasteiger partial charge is 0.269 e. The van der Waals surface area contributed by atoms with Crippen molar-refractivity contribution in [3.8, 4) is 0 Å². The number of non-ortho nitro benzene ring substituents is 1. The number of nitrogens with one attached hydrogen (secondary N) is 1. The summed E-state index contributed by atoms with van der Waals surface area (Å²) in [5.74, 6) is -0.229. The molecule has 0 aliphatic carbocycles. The Labute approximate surface area is 125 Å². The van der Waals surface area contributed by atoms with Gasteiger partial charge in [-0.25, -0.2) is 4.98 Å². The maximum Gasteiger partial charge on any atom is 0.269 e. The Balaban J connectivity index is 2.01. The quantitative estimate of drug-likeness (QED) is 0.534. The Hall–Kier alpha value is -2.47. The van der Waals surface area contributed by atoms with Gasteiger partial charge in [0.2, 0.25) is 5.91 Å². The van der Waals surface area contributed by atoms with Crippen LogP contribution in [0.2, 0.25) is 5.15 Å². The minimum absolute atomic E-state index is 0.00307. The molecule has 2 aromatic rings. The van der Waals surface area contributed by atoms with Crippen LogP contribution in [-0.4, -0.2) is 15.8 Å². The first-order valence-electron chi connectivity index (χ1n) is 6.11. The number of rotatable bonds is 4. The average Bonchev–Trinajstić information content (AvgIpc) is 2.43. The topological polar surface area (TPSA) is 85.1 Å². The third-order valence-electron chi connectivity index (χ3n) is 2.81. The van der Waals surface area contributed by atoms with Gasteiger partial charge in [-0.1, -0.05) is 23.7 Å². The monoisotopic (exact) mass is 305 g/mol. The first-order chi connectivity index (χ1) is 9.95. The second kappa shape index (κ2) is 6.32. The number of benzene rings is 1. The van der Waals surface area contributed by atoms with Crippen LogP contribution < -0.4 is 5.32 Å². The number of nitro benzene ring substituents is 1. The molecule has 0 aliphatic heterocycles. The second-order valence-corrected chi connectivity index (χ2v) is 4.84. The SMILES string of the molecule is Cc1cc(NC(=O)Cc2ccc([N+](=O)[O-])cc2)cnc1Cl. The van der Waals surface area contributed by atoms with Gasteiger partial charge in [-0.3, -0.25) is 14.9 Å². The summed E-state index contributed by atoms with van der Waals surface area (Å²) in [6, 6.07) is 7.59. The molecule has 108 valence electrons. The number of anilines is 1. The molecule has 0 aliphatic rings. The fourth-order valence-electron chi connectivity index (χ4n) is 1.75. The predicted octanol–water partition coefficient (Wildman–Crippen LogP) is 3.13. The van der Waals surface area contributed by atoms with Crippen LogP contribution in [0.3, 0.4) is 0 Å². The van der Waals surface area contributed by atoms with Crippen LogP contribution in [0.4, 0.5) is 11.4 Å². The molecular formula is C14H12ClN3O3. The van der Waals surface area contributed by atoms with Gasteiger partial charge in [0.1, 0.15) is 5.15 Å². The van der Waals surface area contributed by atoms with Crippen LogP contribution in [0.25, 0.3) is 0 Å². The normalized spacial score (nSPS) is 10.2. The Morgan fingerprint density at radius 2 is 2.05 bits per heavy atom. The van der Waals surface area contributed by atoms with E-state index in [1.165, 1.54) is 18.3 Å². The van der Waals surface area contributed by atoms with Gasteiger partial charge in [0.25, 0.3) is 5.69 Å². The number of halogens is 1. The van der Waals surface area contributed by atoms with Crippen molar-refractivity contribution in [1.29, 1.82) is 0 Å². The molecule has 1 heterocycles. The lowest BCUT2D eigenvalue weighted by molar-refractivity contribution is -0.384. The highest BCUT2D eigenvalue weighted by Crippen LogP contribution is 2.17. The molecule has 1 N–H and O–H groups in total. The number of hydrogen-bond acceptors (Lipinski definition) is 4. The summed E-state index contributed by atoms with van der Waals surface area (Å²) in [4.78, 5) is 25.9. The molecular weight excluding hydrogens is 294 g/mol. The summed E-state index contributed by atoms with van der Waals surface area (Å²) >= 11 is 5.81. The van der Waals surface area contributed by atoms with E-state index < -0.39 is 4.92 Å². The van der Waals surface area contributed by atoms with Crippen LogP contribution in [0.1, 0.15) is 11.1 Å². The summed E-state index contributed by atoms with van der Waals surface area (Å²) in [6.07, 6.45) is 1.60. The number of carbonyl (C=O) groups excluding carboxylic acids is 1. The number of hydrogen-bond donors (Lipinski definition) is 1. The zero-order valence-electron chi connectivity index (χ0n) is 11.2. The van der Waals surface area contributed by atoms with Crippen molar-refractivity contribution in [2.45, 2.75) is 13.3 Å². The summed E-state index contributed by atoms with van der Waals surface area (Å²) in [7, 11) is 0. The minimum atomic E-state index is -0.480. The molecule has 0 saturated heterocycles. The highest BCUT2D eigenvalue weighted by atomic mass is 35.5. The van der Waals surface area contributed by atoms with Crippen molar-refractivity contribution in [3.63, 3.8) is 0 Å². The van der Waals surface area contributed by atoms with Crippen LogP contribution in [0, 0.1) is 17.0 Å². The van der Waals surface area contributed by atoms with Crippen LogP contribution in [0.15, 0.2) is 36.5 Å². The van der Waals surface area contributed by atoms with Gasteiger partial charge in [0, 0.05) is 12.1 Å². The molecule has 2 rings (SSSR count). The number of carbonyl (C=O) groups is 1. The van der Waals surface area contributed by atoms with Gasteiger partial charge >= 0.3 is 0 Å². The van der Waals surface area contributed by atoms with Gasteiger partial charge in [-0.2, -0.15) is 0 Å². The summed E-state index contributed by atoms with van der Waals surface area (Å²) in [6.45, 7) is 1.79. The maximum atomic E-state index is 11.9. The van der Waals surface area contributed by atoms with Crippen molar-refractivity contribution in [2.24, 2.45) is 0 Å². The van der Waals surface area contributed by atoms with Crippen molar-refractivity contribution < 1.29 is 9.72 Å². The van der Waals surface area contributed by atoms with E-state index in [0.717, 1.165) is 5.56 Å². The molecule has 0 bridgehead atoms. The van der Waals surface area contributed by atoms with Gasteiger partial charge < -0.3 is 5.32 Å². The first-order valence-corrected chi connectivity index (χ1v) is 6.49. The van der Waals surface area contributed by atoms with Gasteiger partial charge in [0.05, 0.1) is 23.2 Å². The summed E-state index contributed by atoms with van der Waals surface area (Å²) in [5, 5.41) is 13.6. The molecule has 0 atom stereocenters. The van der Waals surface area contributed by atoms with Gasteiger partial charge in [-0.05, 0) is 24.1 Å². The number of nitrogens with zero attached hydrogens (tertiary/aromatic N) is 2. The standard InChI is InChI=1S/C14H12ClN3O3/c1-9-6-11(8-16-14(9)15)17-13(19)7-10-2-4-12(5-3-10)18(20)21/h2-6,8H,7H2,1H3,(H,17,19). The highest BCUT2D eigenvalue weighted by molar-refractivity contribution is 6.30. The van der Waals surface area contributed by atoms with E-state index in [1.807, 2.05) is 0 Å². The Morgan fingerprint density at radius 1 is 1.38 bits per heavy atom. The molecule has 1 amide bonds. The molecule has 0 unspecified atom stereocenters. The lowest BCUT2D eigenvalue weighted by atomic mass is 10.1. The molecule has 1 aromatic heterocycles. The van der Waals surface area contributed by atoms with Gasteiger partial charge in [0.15, 0.2) is 0 Å². The van der Waals surface area contributed by atoms with Gasteiger partial charge in [-0.15, -0.1) is 0 Å². The Kier molecular flexibility index (Phi) is 4.49. The largest absolute Gasteiger partial charge is 0.324 e. The molecule has 21 heavy (non-hydrogen) atoms. The van der Waals surface area contributed by atoms with Crippen LogP contribution in [0.5, 0.6) is 0 Å². The average molecular weight is 306 g/mol. The zero-order chi connectivity index (χ0) is 15.4. The van der Waals surface area contributed by atoms with E-state index in [2.05, 4.69) is 10.3 Å². The third kappa shape index (κ3) is 4.00. The third-order valence-corrected chi connectivity index (χ3v) is 3.21. The lowest BCUT2D eigenvalue weighted by Crippen LogP contribution is -2.14. The Morgan fingerprint density at radius 3 is 2.62 bits per heavy atom. The fourth-order valence-corrected chi connectivity index (χ4v) is 1.86. The summed E-state index contributed by atoms with van der Waals surface area (Å²) in [5.41, 5.74) is 2.02. The van der Waals surface area contributed by atoms with E-state index >= 15 is 0 Å². The molecule has 6 nitrogen and oxygen atoms in total. The Bertz CT molecular complexity index is 686. The fraction of sp³-hybridized carbons (Fsp3) is 0.143. The van der Waals surface area contributed by atoms with Crippen LogP contribution in [-0.2, 0) is 11.2 Å². The van der Waals surface area contributed by atoms with E-state index in [4.69, 9.17) is 11.6 Å². The lowest BCUT2D eigenvalue weighted by Gasteiger charge is -2.06. The molecule has 1 aromatic carbocycles. The highest BCUT2D eigenvalue weighted by Gasteiger charge is 2.08. The number of nitro groups is 1. The molecule has 0 fully saturated rings. The predicted molar refractivity (Wildman–Crippen MR) is 79.4 cm³/mol. The van der Waals surface area contributed by atoms with E-state index in [-0.39, 0.29) is 18.0 Å². The molecule has 0 radical (unpaired) electrons. The maximum absolute atomic E-state index is 11.9. The van der Waals surface area contributed by atoms with E-state index in [1.54, 1.807) is 25.1 Å².